The summed E-state index contributed by atoms with van der Waals surface area (Å²) in [5, 5.41) is 3.18. The van der Waals surface area contributed by atoms with Gasteiger partial charge in [0.2, 0.25) is 0 Å². The van der Waals surface area contributed by atoms with Crippen LogP contribution < -0.4 is 5.32 Å². The molecule has 16 heavy (non-hydrogen) atoms. The Morgan fingerprint density at radius 2 is 1.94 bits per heavy atom. The van der Waals surface area contributed by atoms with Crippen molar-refractivity contribution < 1.29 is 19.2 Å². The number of carbonyl (C=O) groups is 3. The van der Waals surface area contributed by atoms with E-state index in [1.54, 1.807) is 0 Å². The van der Waals surface area contributed by atoms with E-state index in [0.29, 0.717) is 13.2 Å². The van der Waals surface area contributed by atoms with Crippen LogP contribution in [0.15, 0.2) is 12.2 Å². The lowest BCUT2D eigenvalue weighted by atomic mass is 10.4. The smallest absolute Gasteiger partial charge is 0.323 e. The maximum Gasteiger partial charge on any atom is 0.323 e. The van der Waals surface area contributed by atoms with Crippen LogP contribution in [0.2, 0.25) is 0 Å². The summed E-state index contributed by atoms with van der Waals surface area (Å²) >= 11 is 0. The highest BCUT2D eigenvalue weighted by Gasteiger charge is 2.19. The van der Waals surface area contributed by atoms with Gasteiger partial charge in [-0.3, -0.25) is 19.7 Å². The lowest BCUT2D eigenvalue weighted by Crippen LogP contribution is -2.43. The predicted octanol–water partition coefficient (Wildman–Crippen LogP) is -0.886. The minimum Gasteiger partial charge on any atom is -0.331 e. The molecule has 0 aromatic heterocycles. The lowest BCUT2D eigenvalue weighted by molar-refractivity contribution is -0.234. The first-order chi connectivity index (χ1) is 7.50. The first kappa shape index (κ1) is 12.2. The van der Waals surface area contributed by atoms with Crippen molar-refractivity contribution in [3.8, 4) is 0 Å². The van der Waals surface area contributed by atoms with Crippen molar-refractivity contribution in [1.82, 2.24) is 15.3 Å². The van der Waals surface area contributed by atoms with Crippen LogP contribution >= 0.6 is 0 Å². The molecule has 1 N–H and O–H groups in total. The molecule has 1 aliphatic rings. The predicted molar refractivity (Wildman–Crippen MR) is 54.0 cm³/mol. The molecule has 1 fully saturated rings. The third-order valence-corrected chi connectivity index (χ3v) is 1.80. The van der Waals surface area contributed by atoms with E-state index in [9.17, 15) is 14.4 Å². The number of imide groups is 1. The molecule has 1 saturated heterocycles. The van der Waals surface area contributed by atoms with Crippen LogP contribution in [0.5, 0.6) is 0 Å². The molecule has 0 radical (unpaired) electrons. The van der Waals surface area contributed by atoms with Crippen LogP contribution in [0, 0.1) is 0 Å². The minimum atomic E-state index is -0.646. The molecule has 0 aromatic rings. The molecule has 0 bridgehead atoms. The molecular weight excluding hydrogens is 214 g/mol. The lowest BCUT2D eigenvalue weighted by Gasteiger charge is -2.28. The van der Waals surface area contributed by atoms with Gasteiger partial charge in [0.25, 0.3) is 11.8 Å². The van der Waals surface area contributed by atoms with E-state index >= 15 is 0 Å². The first-order valence-electron chi connectivity index (χ1n) is 4.65. The van der Waals surface area contributed by atoms with Crippen LogP contribution in [-0.2, 0) is 14.4 Å². The highest BCUT2D eigenvalue weighted by molar-refractivity contribution is 6.03. The standard InChI is InChI=1S/C9H13N3O4/c1-11(2)9(15)10-7(13)3-4-8(14)12-5-6-16-12/h3-4H,5-6H2,1-2H3,(H,10,13,15)/b4-3+. The fourth-order valence-corrected chi connectivity index (χ4v) is 0.845. The first-order valence-corrected chi connectivity index (χ1v) is 4.65. The fraction of sp³-hybridized carbons (Fsp3) is 0.444. The van der Waals surface area contributed by atoms with Gasteiger partial charge in [0.1, 0.15) is 0 Å². The number of hydrogen-bond acceptors (Lipinski definition) is 4. The van der Waals surface area contributed by atoms with Gasteiger partial charge in [-0.1, -0.05) is 0 Å². The quantitative estimate of drug-likeness (QED) is 0.621. The fourth-order valence-electron chi connectivity index (χ4n) is 0.845. The molecule has 0 spiro atoms. The van der Waals surface area contributed by atoms with Crippen molar-refractivity contribution in [2.45, 2.75) is 0 Å². The van der Waals surface area contributed by atoms with Crippen molar-refractivity contribution in [2.75, 3.05) is 27.2 Å². The molecule has 7 nitrogen and oxygen atoms in total. The maximum atomic E-state index is 11.2. The number of urea groups is 1. The molecule has 0 aromatic carbocycles. The van der Waals surface area contributed by atoms with Crippen molar-refractivity contribution in [3.05, 3.63) is 12.2 Å². The Morgan fingerprint density at radius 3 is 2.38 bits per heavy atom. The van der Waals surface area contributed by atoms with Crippen LogP contribution in [0.4, 0.5) is 4.79 Å². The van der Waals surface area contributed by atoms with E-state index in [2.05, 4.69) is 5.32 Å². The highest BCUT2D eigenvalue weighted by Crippen LogP contribution is 2.02. The van der Waals surface area contributed by atoms with Crippen LogP contribution in [0.1, 0.15) is 0 Å². The zero-order valence-electron chi connectivity index (χ0n) is 9.10. The van der Waals surface area contributed by atoms with E-state index in [4.69, 9.17) is 4.84 Å². The molecule has 7 heteroatoms. The van der Waals surface area contributed by atoms with Crippen molar-refractivity contribution >= 4 is 17.8 Å². The van der Waals surface area contributed by atoms with E-state index in [0.717, 1.165) is 17.2 Å². The molecule has 0 unspecified atom stereocenters. The minimum absolute atomic E-state index is 0.418. The van der Waals surface area contributed by atoms with Gasteiger partial charge in [-0.2, -0.15) is 0 Å². The number of carbonyl (C=O) groups excluding carboxylic acids is 3. The SMILES string of the molecule is CN(C)C(=O)NC(=O)/C=C/C(=O)N1CCO1. The zero-order valence-corrected chi connectivity index (χ0v) is 9.10. The highest BCUT2D eigenvalue weighted by atomic mass is 16.7. The van der Waals surface area contributed by atoms with Crippen molar-refractivity contribution in [1.29, 1.82) is 0 Å². The van der Waals surface area contributed by atoms with E-state index in [-0.39, 0.29) is 0 Å². The number of amides is 4. The molecule has 1 heterocycles. The van der Waals surface area contributed by atoms with Crippen molar-refractivity contribution in [2.24, 2.45) is 0 Å². The number of rotatable bonds is 2. The van der Waals surface area contributed by atoms with E-state index in [1.807, 2.05) is 0 Å². The molecule has 1 aliphatic heterocycles. The Labute approximate surface area is 92.6 Å². The third-order valence-electron chi connectivity index (χ3n) is 1.80. The largest absolute Gasteiger partial charge is 0.331 e. The summed E-state index contributed by atoms with van der Waals surface area (Å²) in [4.78, 5) is 39.3. The van der Waals surface area contributed by atoms with Crippen LogP contribution in [-0.4, -0.2) is 55.1 Å². The second-order valence-electron chi connectivity index (χ2n) is 3.30. The number of hydrogen-bond donors (Lipinski definition) is 1. The molecule has 0 atom stereocenters. The average molecular weight is 227 g/mol. The summed E-state index contributed by atoms with van der Waals surface area (Å²) in [7, 11) is 3.01. The second-order valence-corrected chi connectivity index (χ2v) is 3.30. The Hall–Kier alpha value is -1.89. The normalized spacial score (nSPS) is 14.5. The molecule has 88 valence electrons. The zero-order chi connectivity index (χ0) is 12.1. The summed E-state index contributed by atoms with van der Waals surface area (Å²) in [5.74, 6) is -1.06. The molecule has 1 rings (SSSR count). The van der Waals surface area contributed by atoms with E-state index < -0.39 is 17.8 Å². The summed E-state index contributed by atoms with van der Waals surface area (Å²) < 4.78 is 0. The van der Waals surface area contributed by atoms with Gasteiger partial charge in [-0.05, 0) is 0 Å². The number of nitrogens with zero attached hydrogens (tertiary/aromatic N) is 2. The Kier molecular flexibility index (Phi) is 4.01. The monoisotopic (exact) mass is 227 g/mol. The molecular formula is C9H13N3O4. The Morgan fingerprint density at radius 1 is 1.31 bits per heavy atom. The Balaban J connectivity index is 2.35. The van der Waals surface area contributed by atoms with Gasteiger partial charge < -0.3 is 4.90 Å². The summed E-state index contributed by atoms with van der Waals surface area (Å²) in [6, 6.07) is -0.540. The van der Waals surface area contributed by atoms with Gasteiger partial charge in [-0.15, -0.1) is 0 Å². The topological polar surface area (TPSA) is 79.0 Å². The van der Waals surface area contributed by atoms with Crippen molar-refractivity contribution in [3.63, 3.8) is 0 Å². The molecule has 4 amide bonds. The summed E-state index contributed by atoms with van der Waals surface area (Å²) in [5.41, 5.74) is 0. The molecule has 0 aliphatic carbocycles. The van der Waals surface area contributed by atoms with E-state index in [1.165, 1.54) is 19.0 Å². The maximum absolute atomic E-state index is 11.2. The average Bonchev–Trinajstić information content (AvgIpc) is 2.11. The van der Waals surface area contributed by atoms with Gasteiger partial charge >= 0.3 is 6.03 Å². The summed E-state index contributed by atoms with van der Waals surface area (Å²) in [6.07, 6.45) is 2.04. The molecule has 0 saturated carbocycles. The van der Waals surface area contributed by atoms with Gasteiger partial charge in [0, 0.05) is 26.2 Å². The van der Waals surface area contributed by atoms with Crippen LogP contribution in [0.3, 0.4) is 0 Å². The Bertz CT molecular complexity index is 334. The van der Waals surface area contributed by atoms with Gasteiger partial charge in [0.05, 0.1) is 13.2 Å². The van der Waals surface area contributed by atoms with Crippen LogP contribution in [0.25, 0.3) is 0 Å². The number of hydroxylamine groups is 2. The summed E-state index contributed by atoms with van der Waals surface area (Å²) in [6.45, 7) is 1.02. The number of nitrogens with one attached hydrogen (secondary N) is 1. The second kappa shape index (κ2) is 5.26. The van der Waals surface area contributed by atoms with Gasteiger partial charge in [-0.25, -0.2) is 9.86 Å². The third kappa shape index (κ3) is 3.35. The van der Waals surface area contributed by atoms with Gasteiger partial charge in [0.15, 0.2) is 0 Å².